The summed E-state index contributed by atoms with van der Waals surface area (Å²) in [5.41, 5.74) is 2.94. The van der Waals surface area contributed by atoms with Gasteiger partial charge in [0.25, 0.3) is 0 Å². The molecule has 4 nitrogen and oxygen atoms in total. The van der Waals surface area contributed by atoms with Crippen molar-refractivity contribution < 1.29 is 4.79 Å². The topological polar surface area (TPSA) is 54.9 Å². The van der Waals surface area contributed by atoms with Crippen molar-refractivity contribution in [1.29, 1.82) is 0 Å². The number of thioether (sulfide) groups is 1. The van der Waals surface area contributed by atoms with Crippen LogP contribution >= 0.6 is 23.4 Å². The lowest BCUT2D eigenvalue weighted by atomic mass is 10.1. The van der Waals surface area contributed by atoms with Gasteiger partial charge in [-0.05, 0) is 36.2 Å². The number of carbonyl (C=O) groups excluding carboxylic acids is 1. The molecule has 0 radical (unpaired) electrons. The second-order valence-corrected chi connectivity index (χ2v) is 7.07. The van der Waals surface area contributed by atoms with Crippen LogP contribution in [0.15, 0.2) is 71.8 Å². The van der Waals surface area contributed by atoms with Gasteiger partial charge < -0.3 is 5.32 Å². The molecule has 1 N–H and O–H groups in total. The van der Waals surface area contributed by atoms with Crippen LogP contribution in [0.3, 0.4) is 0 Å². The van der Waals surface area contributed by atoms with E-state index in [0.717, 1.165) is 22.7 Å². The lowest BCUT2D eigenvalue weighted by Crippen LogP contribution is -2.27. The van der Waals surface area contributed by atoms with Gasteiger partial charge >= 0.3 is 0 Å². The van der Waals surface area contributed by atoms with E-state index < -0.39 is 0 Å². The van der Waals surface area contributed by atoms with Gasteiger partial charge in [-0.15, -0.1) is 10.2 Å². The Morgan fingerprint density at radius 1 is 0.962 bits per heavy atom. The summed E-state index contributed by atoms with van der Waals surface area (Å²) in [6, 6.07) is 21.3. The summed E-state index contributed by atoms with van der Waals surface area (Å²) in [6.07, 6.45) is 0.826. The Morgan fingerprint density at radius 2 is 1.73 bits per heavy atom. The van der Waals surface area contributed by atoms with E-state index in [1.54, 1.807) is 0 Å². The Morgan fingerprint density at radius 3 is 2.42 bits per heavy atom. The molecule has 0 unspecified atom stereocenters. The van der Waals surface area contributed by atoms with Crippen LogP contribution in [-0.4, -0.2) is 28.4 Å². The molecule has 1 amide bonds. The van der Waals surface area contributed by atoms with Crippen LogP contribution in [0.4, 0.5) is 0 Å². The Balaban J connectivity index is 1.44. The number of carbonyl (C=O) groups is 1. The van der Waals surface area contributed by atoms with E-state index in [2.05, 4.69) is 27.6 Å². The molecule has 0 fully saturated rings. The van der Waals surface area contributed by atoms with Crippen molar-refractivity contribution in [2.45, 2.75) is 11.4 Å². The van der Waals surface area contributed by atoms with Gasteiger partial charge in [0.15, 0.2) is 0 Å². The zero-order valence-corrected chi connectivity index (χ0v) is 15.6. The maximum absolute atomic E-state index is 11.9. The number of hydrogen-bond donors (Lipinski definition) is 1. The van der Waals surface area contributed by atoms with Gasteiger partial charge in [-0.2, -0.15) is 0 Å². The van der Waals surface area contributed by atoms with Crippen molar-refractivity contribution in [1.82, 2.24) is 15.5 Å². The Bertz CT molecular complexity index is 839. The van der Waals surface area contributed by atoms with Gasteiger partial charge in [0.1, 0.15) is 5.03 Å². The summed E-state index contributed by atoms with van der Waals surface area (Å²) in [5, 5.41) is 12.7. The molecule has 2 aromatic carbocycles. The highest BCUT2D eigenvalue weighted by molar-refractivity contribution is 7.99. The largest absolute Gasteiger partial charge is 0.355 e. The van der Waals surface area contributed by atoms with E-state index in [-0.39, 0.29) is 5.91 Å². The molecule has 0 saturated carbocycles. The number of amides is 1. The van der Waals surface area contributed by atoms with Crippen LogP contribution in [0.25, 0.3) is 11.3 Å². The summed E-state index contributed by atoms with van der Waals surface area (Å²) in [6.45, 7) is 0.630. The fourth-order valence-corrected chi connectivity index (χ4v) is 3.12. The first-order valence-electron chi connectivity index (χ1n) is 8.24. The second-order valence-electron chi connectivity index (χ2n) is 5.64. The number of hydrogen-bond acceptors (Lipinski definition) is 4. The van der Waals surface area contributed by atoms with Crippen molar-refractivity contribution in [2.75, 3.05) is 12.3 Å². The highest BCUT2D eigenvalue weighted by Crippen LogP contribution is 2.21. The number of aromatic nitrogens is 2. The number of nitrogens with zero attached hydrogens (tertiary/aromatic N) is 2. The van der Waals surface area contributed by atoms with Crippen molar-refractivity contribution in [2.24, 2.45) is 0 Å². The summed E-state index contributed by atoms with van der Waals surface area (Å²) in [4.78, 5) is 11.9. The predicted octanol–water partition coefficient (Wildman–Crippen LogP) is 4.25. The SMILES string of the molecule is O=C(CSc1ccc(-c2ccc(Cl)cc2)nn1)NCCc1ccccc1. The molecule has 6 heteroatoms. The predicted molar refractivity (Wildman–Crippen MR) is 106 cm³/mol. The van der Waals surface area contributed by atoms with E-state index in [1.165, 1.54) is 17.3 Å². The average Bonchev–Trinajstić information content (AvgIpc) is 2.68. The smallest absolute Gasteiger partial charge is 0.230 e. The monoisotopic (exact) mass is 383 g/mol. The lowest BCUT2D eigenvalue weighted by molar-refractivity contribution is -0.118. The first kappa shape index (κ1) is 18.4. The summed E-state index contributed by atoms with van der Waals surface area (Å²) < 4.78 is 0. The van der Waals surface area contributed by atoms with Crippen LogP contribution in [0.5, 0.6) is 0 Å². The molecule has 0 aliphatic rings. The summed E-state index contributed by atoms with van der Waals surface area (Å²) in [7, 11) is 0. The zero-order chi connectivity index (χ0) is 18.2. The second kappa shape index (κ2) is 9.36. The molecule has 0 atom stereocenters. The molecule has 1 heterocycles. The number of rotatable bonds is 7. The molecule has 0 spiro atoms. The fraction of sp³-hybridized carbons (Fsp3) is 0.150. The molecule has 0 saturated heterocycles. The van der Waals surface area contributed by atoms with Crippen LogP contribution in [-0.2, 0) is 11.2 Å². The van der Waals surface area contributed by atoms with Gasteiger partial charge in [0.05, 0.1) is 11.4 Å². The third kappa shape index (κ3) is 5.58. The van der Waals surface area contributed by atoms with Crippen molar-refractivity contribution >= 4 is 29.3 Å². The number of nitrogens with one attached hydrogen (secondary N) is 1. The molecular weight excluding hydrogens is 366 g/mol. The van der Waals surface area contributed by atoms with Crippen molar-refractivity contribution in [3.05, 3.63) is 77.3 Å². The highest BCUT2D eigenvalue weighted by atomic mass is 35.5. The van der Waals surface area contributed by atoms with Gasteiger partial charge in [-0.25, -0.2) is 0 Å². The average molecular weight is 384 g/mol. The Kier molecular flexibility index (Phi) is 6.63. The van der Waals surface area contributed by atoms with Gasteiger partial charge in [0, 0.05) is 17.1 Å². The van der Waals surface area contributed by atoms with E-state index in [1.807, 2.05) is 54.6 Å². The van der Waals surface area contributed by atoms with E-state index in [0.29, 0.717) is 17.3 Å². The molecule has 1 aromatic heterocycles. The summed E-state index contributed by atoms with van der Waals surface area (Å²) >= 11 is 7.26. The standard InChI is InChI=1S/C20H18ClN3OS/c21-17-8-6-16(7-9-17)18-10-11-20(24-23-18)26-14-19(25)22-13-12-15-4-2-1-3-5-15/h1-11H,12-14H2,(H,22,25). The lowest BCUT2D eigenvalue weighted by Gasteiger charge is -2.05. The maximum Gasteiger partial charge on any atom is 0.230 e. The molecule has 0 bridgehead atoms. The third-order valence-electron chi connectivity index (χ3n) is 3.71. The minimum absolute atomic E-state index is 0.00508. The molecule has 0 aliphatic heterocycles. The highest BCUT2D eigenvalue weighted by Gasteiger charge is 2.05. The molecule has 132 valence electrons. The zero-order valence-electron chi connectivity index (χ0n) is 14.1. The molecule has 26 heavy (non-hydrogen) atoms. The van der Waals surface area contributed by atoms with Crippen LogP contribution < -0.4 is 5.32 Å². The number of halogens is 1. The van der Waals surface area contributed by atoms with Gasteiger partial charge in [-0.1, -0.05) is 65.8 Å². The van der Waals surface area contributed by atoms with Gasteiger partial charge in [0.2, 0.25) is 5.91 Å². The van der Waals surface area contributed by atoms with Gasteiger partial charge in [-0.3, -0.25) is 4.79 Å². The van der Waals surface area contributed by atoms with E-state index in [4.69, 9.17) is 11.6 Å². The maximum atomic E-state index is 11.9. The fourth-order valence-electron chi connectivity index (χ4n) is 2.35. The summed E-state index contributed by atoms with van der Waals surface area (Å²) in [5.74, 6) is 0.318. The van der Waals surface area contributed by atoms with Crippen LogP contribution in [0, 0.1) is 0 Å². The van der Waals surface area contributed by atoms with Crippen molar-refractivity contribution in [3.8, 4) is 11.3 Å². The first-order chi connectivity index (χ1) is 12.7. The molecule has 0 aliphatic carbocycles. The van der Waals surface area contributed by atoms with E-state index >= 15 is 0 Å². The third-order valence-corrected chi connectivity index (χ3v) is 4.88. The molecule has 3 rings (SSSR count). The molecule has 3 aromatic rings. The molecular formula is C20H18ClN3OS. The minimum atomic E-state index is -0.00508. The minimum Gasteiger partial charge on any atom is -0.355 e. The quantitative estimate of drug-likeness (QED) is 0.620. The van der Waals surface area contributed by atoms with Crippen molar-refractivity contribution in [3.63, 3.8) is 0 Å². The van der Waals surface area contributed by atoms with Crippen LogP contribution in [0.1, 0.15) is 5.56 Å². The normalized spacial score (nSPS) is 10.5. The van der Waals surface area contributed by atoms with E-state index in [9.17, 15) is 4.79 Å². The first-order valence-corrected chi connectivity index (χ1v) is 9.60. The number of benzene rings is 2. The van der Waals surface area contributed by atoms with Crippen LogP contribution in [0.2, 0.25) is 5.02 Å². The Hall–Kier alpha value is -2.37. The Labute approximate surface area is 162 Å².